The van der Waals surface area contributed by atoms with Crippen LogP contribution in [0.3, 0.4) is 0 Å². The Labute approximate surface area is 107 Å². The van der Waals surface area contributed by atoms with Crippen LogP contribution < -0.4 is 0 Å². The lowest BCUT2D eigenvalue weighted by molar-refractivity contribution is 0.145. The van der Waals surface area contributed by atoms with E-state index in [-0.39, 0.29) is 0 Å². The normalized spacial score (nSPS) is 23.8. The Morgan fingerprint density at radius 1 is 0.647 bits per heavy atom. The summed E-state index contributed by atoms with van der Waals surface area (Å²) in [7, 11) is 0.521. The van der Waals surface area contributed by atoms with Crippen LogP contribution in [0.4, 0.5) is 0 Å². The van der Waals surface area contributed by atoms with Crippen molar-refractivity contribution < 1.29 is 9.31 Å². The Bertz CT molecular complexity index is 167. The summed E-state index contributed by atoms with van der Waals surface area (Å²) < 4.78 is 11.3. The van der Waals surface area contributed by atoms with Gasteiger partial charge < -0.3 is 9.31 Å². The Morgan fingerprint density at radius 3 is 1.47 bits per heavy atom. The zero-order chi connectivity index (χ0) is 11.8. The van der Waals surface area contributed by atoms with E-state index >= 15 is 0 Å². The fourth-order valence-corrected chi connectivity index (χ4v) is 3.20. The van der Waals surface area contributed by atoms with E-state index in [1.54, 1.807) is 0 Å². The van der Waals surface area contributed by atoms with Crippen molar-refractivity contribution in [1.82, 2.24) is 0 Å². The summed E-state index contributed by atoms with van der Waals surface area (Å²) in [5, 5.41) is 0. The van der Waals surface area contributed by atoms with Gasteiger partial charge in [0.15, 0.2) is 0 Å². The molecule has 0 saturated heterocycles. The lowest BCUT2D eigenvalue weighted by atomic mass is 9.89. The lowest BCUT2D eigenvalue weighted by Gasteiger charge is -2.23. The van der Waals surface area contributed by atoms with Crippen LogP contribution in [-0.2, 0) is 9.31 Å². The minimum atomic E-state index is 0.521. The molecular formula is C14H27BO2. The highest BCUT2D eigenvalue weighted by molar-refractivity contribution is 6.17. The van der Waals surface area contributed by atoms with Gasteiger partial charge in [-0.3, -0.25) is 0 Å². The SMILES string of the molecule is B(OCC1CCCCC1)OCC1CCCCC1. The standard InChI is InChI=1S/C14H27BO2/c1-3-7-13(8-4-1)11-16-15-17-12-14-9-5-2-6-10-14/h13-15H,1-12H2. The molecule has 2 aliphatic rings. The third-order valence-electron chi connectivity index (χ3n) is 4.32. The first-order valence-corrected chi connectivity index (χ1v) is 7.60. The molecule has 0 spiro atoms. The van der Waals surface area contributed by atoms with Gasteiger partial charge in [-0.2, -0.15) is 0 Å². The van der Waals surface area contributed by atoms with Gasteiger partial charge in [-0.25, -0.2) is 0 Å². The molecule has 98 valence electrons. The topological polar surface area (TPSA) is 18.5 Å². The van der Waals surface area contributed by atoms with Crippen LogP contribution >= 0.6 is 0 Å². The van der Waals surface area contributed by atoms with Gasteiger partial charge in [-0.05, 0) is 37.5 Å². The average molecular weight is 238 g/mol. The summed E-state index contributed by atoms with van der Waals surface area (Å²) in [5.74, 6) is 1.61. The molecule has 0 bridgehead atoms. The summed E-state index contributed by atoms with van der Waals surface area (Å²) in [6, 6.07) is 0. The maximum atomic E-state index is 5.64. The van der Waals surface area contributed by atoms with Gasteiger partial charge >= 0.3 is 7.69 Å². The van der Waals surface area contributed by atoms with Crippen LogP contribution in [0, 0.1) is 11.8 Å². The summed E-state index contributed by atoms with van der Waals surface area (Å²) in [6.07, 6.45) is 13.9. The van der Waals surface area contributed by atoms with Crippen molar-refractivity contribution in [3.8, 4) is 0 Å². The van der Waals surface area contributed by atoms with Gasteiger partial charge in [0, 0.05) is 13.2 Å². The van der Waals surface area contributed by atoms with E-state index in [4.69, 9.17) is 9.31 Å². The predicted octanol–water partition coefficient (Wildman–Crippen LogP) is 3.45. The molecule has 0 atom stereocenters. The second kappa shape index (κ2) is 8.15. The third-order valence-corrected chi connectivity index (χ3v) is 4.32. The van der Waals surface area contributed by atoms with E-state index in [0.717, 1.165) is 25.0 Å². The van der Waals surface area contributed by atoms with Crippen molar-refractivity contribution in [2.45, 2.75) is 64.2 Å². The van der Waals surface area contributed by atoms with E-state index in [1.807, 2.05) is 0 Å². The molecule has 0 N–H and O–H groups in total. The zero-order valence-electron chi connectivity index (χ0n) is 11.2. The van der Waals surface area contributed by atoms with Crippen molar-refractivity contribution in [2.24, 2.45) is 11.8 Å². The first-order chi connectivity index (χ1) is 8.45. The van der Waals surface area contributed by atoms with E-state index < -0.39 is 0 Å². The summed E-state index contributed by atoms with van der Waals surface area (Å²) >= 11 is 0. The lowest BCUT2D eigenvalue weighted by Crippen LogP contribution is -2.19. The molecule has 0 aliphatic heterocycles. The maximum absolute atomic E-state index is 5.64. The number of hydrogen-bond acceptors (Lipinski definition) is 2. The first-order valence-electron chi connectivity index (χ1n) is 7.60. The maximum Gasteiger partial charge on any atom is 0.438 e. The van der Waals surface area contributed by atoms with E-state index in [0.29, 0.717) is 7.69 Å². The smallest absolute Gasteiger partial charge is 0.414 e. The molecule has 3 heteroatoms. The zero-order valence-corrected chi connectivity index (χ0v) is 11.2. The fourth-order valence-electron chi connectivity index (χ4n) is 3.20. The molecule has 0 aromatic heterocycles. The molecule has 0 heterocycles. The monoisotopic (exact) mass is 238 g/mol. The van der Waals surface area contributed by atoms with Crippen LogP contribution in [0.15, 0.2) is 0 Å². The second-order valence-corrected chi connectivity index (χ2v) is 5.87. The molecule has 2 aliphatic carbocycles. The van der Waals surface area contributed by atoms with Gasteiger partial charge in [0.25, 0.3) is 0 Å². The molecule has 2 fully saturated rings. The fraction of sp³-hybridized carbons (Fsp3) is 1.00. The Hall–Kier alpha value is -0.0151. The van der Waals surface area contributed by atoms with E-state index in [2.05, 4.69) is 0 Å². The van der Waals surface area contributed by atoms with Crippen LogP contribution in [0.25, 0.3) is 0 Å². The van der Waals surface area contributed by atoms with Crippen molar-refractivity contribution >= 4 is 7.69 Å². The largest absolute Gasteiger partial charge is 0.438 e. The molecule has 0 unspecified atom stereocenters. The first kappa shape index (κ1) is 13.4. The van der Waals surface area contributed by atoms with Crippen molar-refractivity contribution in [3.63, 3.8) is 0 Å². The molecule has 0 radical (unpaired) electrons. The Balaban J connectivity index is 1.42. The van der Waals surface area contributed by atoms with Gasteiger partial charge in [0.05, 0.1) is 0 Å². The number of hydrogen-bond donors (Lipinski definition) is 0. The van der Waals surface area contributed by atoms with E-state index in [1.165, 1.54) is 64.2 Å². The predicted molar refractivity (Wildman–Crippen MR) is 72.2 cm³/mol. The number of rotatable bonds is 6. The highest BCUT2D eigenvalue weighted by Crippen LogP contribution is 2.24. The summed E-state index contributed by atoms with van der Waals surface area (Å²) in [5.41, 5.74) is 0. The van der Waals surface area contributed by atoms with E-state index in [9.17, 15) is 0 Å². The molecule has 17 heavy (non-hydrogen) atoms. The third kappa shape index (κ3) is 5.43. The molecule has 0 aromatic carbocycles. The van der Waals surface area contributed by atoms with Gasteiger partial charge in [0.1, 0.15) is 0 Å². The molecule has 2 nitrogen and oxygen atoms in total. The Kier molecular flexibility index (Phi) is 6.43. The minimum absolute atomic E-state index is 0.521. The van der Waals surface area contributed by atoms with Crippen molar-refractivity contribution in [1.29, 1.82) is 0 Å². The van der Waals surface area contributed by atoms with Crippen LogP contribution in [0.5, 0.6) is 0 Å². The minimum Gasteiger partial charge on any atom is -0.414 e. The molecular weight excluding hydrogens is 211 g/mol. The van der Waals surface area contributed by atoms with Crippen LogP contribution in [-0.4, -0.2) is 20.9 Å². The molecule has 0 amide bonds. The van der Waals surface area contributed by atoms with Crippen LogP contribution in [0.1, 0.15) is 64.2 Å². The van der Waals surface area contributed by atoms with Crippen LogP contribution in [0.2, 0.25) is 0 Å². The van der Waals surface area contributed by atoms with Gasteiger partial charge in [-0.1, -0.05) is 38.5 Å². The molecule has 2 saturated carbocycles. The molecule has 2 rings (SSSR count). The second-order valence-electron chi connectivity index (χ2n) is 5.87. The quantitative estimate of drug-likeness (QED) is 0.521. The molecule has 0 aromatic rings. The van der Waals surface area contributed by atoms with Gasteiger partial charge in [0.2, 0.25) is 0 Å². The van der Waals surface area contributed by atoms with Crippen molar-refractivity contribution in [3.05, 3.63) is 0 Å². The Morgan fingerprint density at radius 2 is 1.06 bits per heavy atom. The average Bonchev–Trinajstić information content (AvgIpc) is 2.41. The summed E-state index contributed by atoms with van der Waals surface area (Å²) in [4.78, 5) is 0. The highest BCUT2D eigenvalue weighted by Gasteiger charge is 2.15. The van der Waals surface area contributed by atoms with Crippen molar-refractivity contribution in [2.75, 3.05) is 13.2 Å². The highest BCUT2D eigenvalue weighted by atomic mass is 16.6. The summed E-state index contributed by atoms with van der Waals surface area (Å²) in [6.45, 7) is 1.84. The van der Waals surface area contributed by atoms with Gasteiger partial charge in [-0.15, -0.1) is 0 Å².